The third kappa shape index (κ3) is 2.24. The first kappa shape index (κ1) is 12.7. The molecular formula is C11H20N4O. The Kier molecular flexibility index (Phi) is 4.06. The van der Waals surface area contributed by atoms with E-state index in [-0.39, 0.29) is 5.91 Å². The van der Waals surface area contributed by atoms with Crippen LogP contribution in [-0.2, 0) is 4.79 Å². The first-order valence-electron chi connectivity index (χ1n) is 5.61. The first-order chi connectivity index (χ1) is 7.59. The number of nitrogens with zero attached hydrogens (tertiary/aromatic N) is 1. The molecule has 90 valence electrons. The van der Waals surface area contributed by atoms with E-state index in [1.165, 1.54) is 0 Å². The summed E-state index contributed by atoms with van der Waals surface area (Å²) >= 11 is 0. The van der Waals surface area contributed by atoms with E-state index in [1.807, 2.05) is 20.8 Å². The van der Waals surface area contributed by atoms with Crippen LogP contribution in [0.25, 0.3) is 0 Å². The highest BCUT2D eigenvalue weighted by Crippen LogP contribution is 2.26. The summed E-state index contributed by atoms with van der Waals surface area (Å²) in [6.45, 7) is 6.21. The van der Waals surface area contributed by atoms with Crippen molar-refractivity contribution in [2.24, 2.45) is 11.1 Å². The Morgan fingerprint density at radius 1 is 1.56 bits per heavy atom. The van der Waals surface area contributed by atoms with Gasteiger partial charge in [-0.3, -0.25) is 9.89 Å². The second-order valence-corrected chi connectivity index (χ2v) is 4.07. The van der Waals surface area contributed by atoms with Crippen molar-refractivity contribution in [3.8, 4) is 0 Å². The molecule has 0 aliphatic rings. The smallest absolute Gasteiger partial charge is 0.232 e. The number of amides is 1. The number of carbonyl (C=O) groups excluding carboxylic acids is 1. The molecule has 0 spiro atoms. The van der Waals surface area contributed by atoms with Gasteiger partial charge in [-0.1, -0.05) is 13.8 Å². The number of nitrogens with two attached hydrogens (primary N) is 1. The summed E-state index contributed by atoms with van der Waals surface area (Å²) in [5, 5.41) is 9.47. The van der Waals surface area contributed by atoms with E-state index >= 15 is 0 Å². The molecule has 0 unspecified atom stereocenters. The van der Waals surface area contributed by atoms with Gasteiger partial charge in [0.15, 0.2) is 0 Å². The van der Waals surface area contributed by atoms with Crippen molar-refractivity contribution in [2.45, 2.75) is 33.6 Å². The molecule has 0 bridgehead atoms. The molecule has 0 saturated carbocycles. The summed E-state index contributed by atoms with van der Waals surface area (Å²) in [7, 11) is 0. The summed E-state index contributed by atoms with van der Waals surface area (Å²) in [6, 6.07) is 0. The van der Waals surface area contributed by atoms with E-state index in [2.05, 4.69) is 15.5 Å². The van der Waals surface area contributed by atoms with E-state index < -0.39 is 5.41 Å². The van der Waals surface area contributed by atoms with E-state index in [0.717, 1.165) is 18.4 Å². The normalized spacial score (nSPS) is 11.5. The van der Waals surface area contributed by atoms with E-state index in [4.69, 9.17) is 5.73 Å². The minimum absolute atomic E-state index is 0.0349. The van der Waals surface area contributed by atoms with E-state index in [9.17, 15) is 4.79 Å². The molecule has 5 nitrogen and oxygen atoms in total. The average Bonchev–Trinajstić information content (AvgIpc) is 2.68. The highest BCUT2D eigenvalue weighted by molar-refractivity contribution is 5.95. The third-order valence-electron chi connectivity index (χ3n) is 3.29. The maximum Gasteiger partial charge on any atom is 0.232 e. The highest BCUT2D eigenvalue weighted by Gasteiger charge is 2.33. The lowest BCUT2D eigenvalue weighted by Crippen LogP contribution is -2.41. The molecule has 0 aromatic carbocycles. The zero-order chi connectivity index (χ0) is 12.2. The molecule has 1 heterocycles. The fraction of sp³-hybridized carbons (Fsp3) is 0.636. The van der Waals surface area contributed by atoms with Crippen LogP contribution in [-0.4, -0.2) is 22.6 Å². The van der Waals surface area contributed by atoms with Crippen LogP contribution in [0.2, 0.25) is 0 Å². The van der Waals surface area contributed by atoms with Crippen molar-refractivity contribution < 1.29 is 4.79 Å². The van der Waals surface area contributed by atoms with Crippen molar-refractivity contribution in [3.05, 3.63) is 11.8 Å². The standard InChI is InChI=1S/C11H20N4O/c1-4-11(5-2,7-12)10(16)14-9-8(3)6-13-15-9/h6H,4-5,7,12H2,1-3H3,(H2,13,14,15,16). The number of anilines is 1. The van der Waals surface area contributed by atoms with Gasteiger partial charge in [-0.25, -0.2) is 0 Å². The van der Waals surface area contributed by atoms with Crippen LogP contribution in [0.15, 0.2) is 6.20 Å². The van der Waals surface area contributed by atoms with Crippen molar-refractivity contribution >= 4 is 11.7 Å². The maximum atomic E-state index is 12.1. The van der Waals surface area contributed by atoms with Crippen molar-refractivity contribution in [1.82, 2.24) is 10.2 Å². The SMILES string of the molecule is CCC(CC)(CN)C(=O)Nc1[nH]ncc1C. The number of rotatable bonds is 5. The number of carbonyl (C=O) groups is 1. The second-order valence-electron chi connectivity index (χ2n) is 4.07. The van der Waals surface area contributed by atoms with Crippen LogP contribution in [0.4, 0.5) is 5.82 Å². The van der Waals surface area contributed by atoms with Crippen molar-refractivity contribution in [2.75, 3.05) is 11.9 Å². The molecule has 0 atom stereocenters. The zero-order valence-electron chi connectivity index (χ0n) is 10.1. The minimum atomic E-state index is -0.475. The first-order valence-corrected chi connectivity index (χ1v) is 5.61. The number of aromatic nitrogens is 2. The zero-order valence-corrected chi connectivity index (χ0v) is 10.1. The van der Waals surface area contributed by atoms with Crippen LogP contribution in [0.3, 0.4) is 0 Å². The summed E-state index contributed by atoms with van der Waals surface area (Å²) in [5.74, 6) is 0.622. The van der Waals surface area contributed by atoms with Crippen LogP contribution in [0, 0.1) is 12.3 Å². The minimum Gasteiger partial charge on any atom is -0.329 e. The predicted molar refractivity (Wildman–Crippen MR) is 64.0 cm³/mol. The lowest BCUT2D eigenvalue weighted by molar-refractivity contribution is -0.125. The molecular weight excluding hydrogens is 204 g/mol. The molecule has 1 rings (SSSR count). The summed E-state index contributed by atoms with van der Waals surface area (Å²) < 4.78 is 0. The molecule has 0 radical (unpaired) electrons. The fourth-order valence-corrected chi connectivity index (χ4v) is 1.67. The number of aromatic amines is 1. The van der Waals surface area contributed by atoms with Gasteiger partial charge in [-0.05, 0) is 19.8 Å². The Bertz CT molecular complexity index is 346. The van der Waals surface area contributed by atoms with Crippen LogP contribution < -0.4 is 11.1 Å². The van der Waals surface area contributed by atoms with Gasteiger partial charge in [0, 0.05) is 12.1 Å². The van der Waals surface area contributed by atoms with Crippen molar-refractivity contribution in [1.29, 1.82) is 0 Å². The molecule has 16 heavy (non-hydrogen) atoms. The van der Waals surface area contributed by atoms with Gasteiger partial charge in [-0.15, -0.1) is 0 Å². The molecule has 4 N–H and O–H groups in total. The Balaban J connectivity index is 2.81. The van der Waals surface area contributed by atoms with Gasteiger partial charge in [0.1, 0.15) is 5.82 Å². The van der Waals surface area contributed by atoms with Crippen LogP contribution in [0.5, 0.6) is 0 Å². The number of H-pyrrole nitrogens is 1. The lowest BCUT2D eigenvalue weighted by Gasteiger charge is -2.28. The predicted octanol–water partition coefficient (Wildman–Crippen LogP) is 1.42. The van der Waals surface area contributed by atoms with Crippen LogP contribution >= 0.6 is 0 Å². The second kappa shape index (κ2) is 5.12. The molecule has 0 saturated heterocycles. The molecule has 0 aliphatic carbocycles. The monoisotopic (exact) mass is 224 g/mol. The topological polar surface area (TPSA) is 83.8 Å². The van der Waals surface area contributed by atoms with E-state index in [1.54, 1.807) is 6.20 Å². The van der Waals surface area contributed by atoms with Gasteiger partial charge < -0.3 is 11.1 Å². The number of nitrogens with one attached hydrogen (secondary N) is 2. The lowest BCUT2D eigenvalue weighted by atomic mass is 9.81. The number of hydrogen-bond donors (Lipinski definition) is 3. The van der Waals surface area contributed by atoms with Crippen molar-refractivity contribution in [3.63, 3.8) is 0 Å². The van der Waals surface area contributed by atoms with Crippen LogP contribution in [0.1, 0.15) is 32.3 Å². The molecule has 1 aromatic rings. The average molecular weight is 224 g/mol. The molecule has 0 fully saturated rings. The largest absolute Gasteiger partial charge is 0.329 e. The summed E-state index contributed by atoms with van der Waals surface area (Å²) in [6.07, 6.45) is 3.15. The molecule has 0 aliphatic heterocycles. The Morgan fingerprint density at radius 2 is 2.19 bits per heavy atom. The quantitative estimate of drug-likeness (QED) is 0.707. The molecule has 5 heteroatoms. The van der Waals surface area contributed by atoms with E-state index in [0.29, 0.717) is 12.4 Å². The molecule has 1 aromatic heterocycles. The Morgan fingerprint density at radius 3 is 2.56 bits per heavy atom. The Hall–Kier alpha value is -1.36. The summed E-state index contributed by atoms with van der Waals surface area (Å²) in [4.78, 5) is 12.1. The number of aryl methyl sites for hydroxylation is 1. The van der Waals surface area contributed by atoms with Gasteiger partial charge in [0.25, 0.3) is 0 Å². The maximum absolute atomic E-state index is 12.1. The summed E-state index contributed by atoms with van der Waals surface area (Å²) in [5.41, 5.74) is 6.16. The third-order valence-corrected chi connectivity index (χ3v) is 3.29. The highest BCUT2D eigenvalue weighted by atomic mass is 16.2. The fourth-order valence-electron chi connectivity index (χ4n) is 1.67. The van der Waals surface area contributed by atoms with Gasteiger partial charge in [0.05, 0.1) is 11.6 Å². The van der Waals surface area contributed by atoms with Gasteiger partial charge >= 0.3 is 0 Å². The molecule has 1 amide bonds. The van der Waals surface area contributed by atoms with Gasteiger partial charge in [0.2, 0.25) is 5.91 Å². The Labute approximate surface area is 95.8 Å². The van der Waals surface area contributed by atoms with Gasteiger partial charge in [-0.2, -0.15) is 5.10 Å². The number of hydrogen-bond acceptors (Lipinski definition) is 3.